The highest BCUT2D eigenvalue weighted by atomic mass is 16.6. The second kappa shape index (κ2) is 10.6. The van der Waals surface area contributed by atoms with Gasteiger partial charge < -0.3 is 25.3 Å². The number of nitrogens with zero attached hydrogens (tertiary/aromatic N) is 6. The Balaban J connectivity index is 0.000000241. The van der Waals surface area contributed by atoms with E-state index in [1.807, 2.05) is 63.7 Å². The second-order valence-corrected chi connectivity index (χ2v) is 9.61. The van der Waals surface area contributed by atoms with E-state index in [0.29, 0.717) is 17.1 Å². The zero-order valence-electron chi connectivity index (χ0n) is 21.3. The molecule has 0 bridgehead atoms. The molecule has 1 saturated heterocycles. The first-order valence-corrected chi connectivity index (χ1v) is 11.7. The lowest BCUT2D eigenvalue weighted by Gasteiger charge is -2.23. The molecular weight excluding hydrogens is 444 g/mol. The van der Waals surface area contributed by atoms with E-state index in [-0.39, 0.29) is 23.7 Å². The Morgan fingerprint density at radius 1 is 1.20 bits per heavy atom. The highest BCUT2D eigenvalue weighted by Gasteiger charge is 2.24. The minimum absolute atomic E-state index is 0.125. The number of nitrogens with one attached hydrogen (secondary N) is 1. The van der Waals surface area contributed by atoms with E-state index in [0.717, 1.165) is 42.7 Å². The predicted octanol–water partition coefficient (Wildman–Crippen LogP) is 4.32. The van der Waals surface area contributed by atoms with Gasteiger partial charge in [0, 0.05) is 26.3 Å². The normalized spacial score (nSPS) is 14.1. The molecule has 3 aromatic rings. The summed E-state index contributed by atoms with van der Waals surface area (Å²) in [6.45, 7) is 11.1. The highest BCUT2D eigenvalue weighted by molar-refractivity contribution is 5.76. The van der Waals surface area contributed by atoms with Crippen molar-refractivity contribution in [2.24, 2.45) is 7.05 Å². The molecule has 0 spiro atoms. The number of carbonyl (C=O) groups excluding carboxylic acids is 1. The first kappa shape index (κ1) is 25.7. The molecule has 0 saturated carbocycles. The van der Waals surface area contributed by atoms with Crippen LogP contribution in [-0.4, -0.2) is 49.2 Å². The van der Waals surface area contributed by atoms with Crippen LogP contribution in [0.2, 0.25) is 0 Å². The Hall–Kier alpha value is -3.87. The molecule has 0 radical (unpaired) electrons. The van der Waals surface area contributed by atoms with E-state index in [2.05, 4.69) is 26.3 Å². The quantitative estimate of drug-likeness (QED) is 0.568. The maximum atomic E-state index is 11.4. The lowest BCUT2D eigenvalue weighted by atomic mass is 10.1. The fourth-order valence-electron chi connectivity index (χ4n) is 3.75. The number of anilines is 2. The molecule has 10 nitrogen and oxygen atoms in total. The van der Waals surface area contributed by atoms with Crippen LogP contribution in [-0.2, 0) is 11.8 Å². The number of amides is 1. The fraction of sp³-hybridized carbons (Fsp3) is 0.480. The molecule has 10 heteroatoms. The average Bonchev–Trinajstić information content (AvgIpc) is 3.43. The number of aryl methyl sites for hydroxylation is 2. The smallest absolute Gasteiger partial charge is 0.410 e. The third-order valence-corrected chi connectivity index (χ3v) is 5.53. The summed E-state index contributed by atoms with van der Waals surface area (Å²) in [4.78, 5) is 25.9. The van der Waals surface area contributed by atoms with Crippen molar-refractivity contribution in [2.45, 2.75) is 59.1 Å². The van der Waals surface area contributed by atoms with E-state index < -0.39 is 0 Å². The minimum Gasteiger partial charge on any atom is -0.444 e. The van der Waals surface area contributed by atoms with Gasteiger partial charge in [-0.1, -0.05) is 0 Å². The number of pyridine rings is 1. The van der Waals surface area contributed by atoms with E-state index in [1.165, 1.54) is 0 Å². The van der Waals surface area contributed by atoms with Gasteiger partial charge in [0.25, 0.3) is 0 Å². The standard InChI is InChI=1S/C16H17N7.C9H17NO2/c1-9-11(8-17)15(22-16(18)20-9)19-10(2)12-4-5-14-13(21-12)6-7-23(14)3;1-9(2,3)12-8(11)10-6-4-5-7-10/h4-7,10H,1-3H3,(H3,18,19,20,22);4-7H2,1-3H3. The Morgan fingerprint density at radius 2 is 1.89 bits per heavy atom. The zero-order valence-corrected chi connectivity index (χ0v) is 21.3. The number of nitrogen functional groups attached to an aromatic ring is 1. The lowest BCUT2D eigenvalue weighted by Crippen LogP contribution is -2.34. The summed E-state index contributed by atoms with van der Waals surface area (Å²) >= 11 is 0. The molecule has 4 rings (SSSR count). The van der Waals surface area contributed by atoms with Gasteiger partial charge in [0.15, 0.2) is 0 Å². The highest BCUT2D eigenvalue weighted by Crippen LogP contribution is 2.23. The molecule has 0 aliphatic carbocycles. The minimum atomic E-state index is -0.361. The van der Waals surface area contributed by atoms with E-state index in [9.17, 15) is 10.1 Å². The molecule has 1 aliphatic heterocycles. The van der Waals surface area contributed by atoms with Crippen molar-refractivity contribution >= 4 is 28.9 Å². The van der Waals surface area contributed by atoms with Gasteiger partial charge in [-0.15, -0.1) is 0 Å². The number of hydrogen-bond donors (Lipinski definition) is 2. The van der Waals surface area contributed by atoms with Crippen LogP contribution in [0.3, 0.4) is 0 Å². The molecule has 1 amide bonds. The summed E-state index contributed by atoms with van der Waals surface area (Å²) in [6, 6.07) is 7.95. The third-order valence-electron chi connectivity index (χ3n) is 5.53. The number of hydrogen-bond acceptors (Lipinski definition) is 8. The van der Waals surface area contributed by atoms with E-state index >= 15 is 0 Å². The van der Waals surface area contributed by atoms with Gasteiger partial charge in [0.1, 0.15) is 23.1 Å². The van der Waals surface area contributed by atoms with Gasteiger partial charge in [-0.3, -0.25) is 0 Å². The molecule has 3 N–H and O–H groups in total. The van der Waals surface area contributed by atoms with Crippen LogP contribution in [0.25, 0.3) is 11.0 Å². The van der Waals surface area contributed by atoms with Crippen LogP contribution in [0, 0.1) is 18.3 Å². The van der Waals surface area contributed by atoms with Gasteiger partial charge in [0.2, 0.25) is 5.95 Å². The molecule has 1 fully saturated rings. The van der Waals surface area contributed by atoms with Crippen molar-refractivity contribution in [1.29, 1.82) is 5.26 Å². The Morgan fingerprint density at radius 3 is 2.51 bits per heavy atom. The van der Waals surface area contributed by atoms with Gasteiger partial charge >= 0.3 is 6.09 Å². The topological polar surface area (TPSA) is 135 Å². The summed E-state index contributed by atoms with van der Waals surface area (Å²) in [5.74, 6) is 0.572. The van der Waals surface area contributed by atoms with Gasteiger partial charge in [-0.2, -0.15) is 10.2 Å². The number of nitrogens with two attached hydrogens (primary N) is 1. The predicted molar refractivity (Wildman–Crippen MR) is 136 cm³/mol. The number of rotatable bonds is 3. The van der Waals surface area contributed by atoms with Crippen LogP contribution in [0.1, 0.15) is 63.5 Å². The first-order valence-electron chi connectivity index (χ1n) is 11.7. The number of nitriles is 1. The van der Waals surface area contributed by atoms with Crippen molar-refractivity contribution in [3.05, 3.63) is 41.3 Å². The fourth-order valence-corrected chi connectivity index (χ4v) is 3.75. The van der Waals surface area contributed by atoms with Crippen molar-refractivity contribution in [2.75, 3.05) is 24.1 Å². The number of aromatic nitrogens is 4. The average molecular weight is 479 g/mol. The Kier molecular flexibility index (Phi) is 7.79. The second-order valence-electron chi connectivity index (χ2n) is 9.61. The number of likely N-dealkylation sites (tertiary alicyclic amines) is 1. The summed E-state index contributed by atoms with van der Waals surface area (Å²) in [7, 11) is 1.98. The molecule has 0 aromatic carbocycles. The van der Waals surface area contributed by atoms with Crippen LogP contribution < -0.4 is 11.1 Å². The van der Waals surface area contributed by atoms with E-state index in [4.69, 9.17) is 10.5 Å². The molecule has 1 unspecified atom stereocenters. The van der Waals surface area contributed by atoms with Gasteiger partial charge in [0.05, 0.1) is 28.5 Å². The van der Waals surface area contributed by atoms with Crippen molar-refractivity contribution in [3.63, 3.8) is 0 Å². The maximum Gasteiger partial charge on any atom is 0.410 e. The lowest BCUT2D eigenvalue weighted by molar-refractivity contribution is 0.0295. The summed E-state index contributed by atoms with van der Waals surface area (Å²) in [5.41, 5.74) is 9.14. The Labute approximate surface area is 206 Å². The number of carbonyl (C=O) groups is 1. The van der Waals surface area contributed by atoms with Crippen molar-refractivity contribution in [1.82, 2.24) is 24.4 Å². The largest absolute Gasteiger partial charge is 0.444 e. The number of ether oxygens (including phenoxy) is 1. The zero-order chi connectivity index (χ0) is 25.8. The Bertz CT molecular complexity index is 1230. The number of fused-ring (bicyclic) bond motifs is 1. The third kappa shape index (κ3) is 6.59. The molecule has 35 heavy (non-hydrogen) atoms. The summed E-state index contributed by atoms with van der Waals surface area (Å²) < 4.78 is 7.23. The van der Waals surface area contributed by atoms with E-state index in [1.54, 1.807) is 11.8 Å². The summed E-state index contributed by atoms with van der Waals surface area (Å²) in [5, 5.41) is 12.5. The van der Waals surface area contributed by atoms with Crippen LogP contribution in [0.15, 0.2) is 24.4 Å². The van der Waals surface area contributed by atoms with Crippen LogP contribution in [0.5, 0.6) is 0 Å². The van der Waals surface area contributed by atoms with Crippen molar-refractivity contribution in [3.8, 4) is 6.07 Å². The van der Waals surface area contributed by atoms with Crippen LogP contribution >= 0.6 is 0 Å². The molecule has 1 aliphatic rings. The van der Waals surface area contributed by atoms with Gasteiger partial charge in [-0.05, 0) is 65.7 Å². The maximum absolute atomic E-state index is 11.4. The van der Waals surface area contributed by atoms with Crippen molar-refractivity contribution < 1.29 is 9.53 Å². The van der Waals surface area contributed by atoms with Crippen LogP contribution in [0.4, 0.5) is 16.6 Å². The molecule has 4 heterocycles. The van der Waals surface area contributed by atoms with Gasteiger partial charge in [-0.25, -0.2) is 14.8 Å². The summed E-state index contributed by atoms with van der Waals surface area (Å²) in [6.07, 6.45) is 4.03. The monoisotopic (exact) mass is 478 g/mol. The SMILES string of the molecule is CC(C)(C)OC(=O)N1CCCC1.Cc1nc(N)nc(NC(C)c2ccc3c(ccn3C)n2)c1C#N. The molecular formula is C25H34N8O2. The molecule has 3 aromatic heterocycles. The molecule has 1 atom stereocenters. The molecule has 186 valence electrons. The first-order chi connectivity index (χ1) is 16.5.